The predicted molar refractivity (Wildman–Crippen MR) is 45.1 cm³/mol. The summed E-state index contributed by atoms with van der Waals surface area (Å²) in [5.74, 6) is -1.60. The second-order valence-corrected chi connectivity index (χ2v) is 2.03. The lowest BCUT2D eigenvalue weighted by molar-refractivity contribution is -0.141. The van der Waals surface area contributed by atoms with Gasteiger partial charge in [-0.1, -0.05) is 6.08 Å². The maximum Gasteiger partial charge on any atom is 0.445 e. The summed E-state index contributed by atoms with van der Waals surface area (Å²) in [5.41, 5.74) is 7.74. The molecule has 5 heteroatoms. The molecule has 0 spiro atoms. The van der Waals surface area contributed by atoms with Crippen molar-refractivity contribution in [1.29, 1.82) is 0 Å². The van der Waals surface area contributed by atoms with E-state index in [0.29, 0.717) is 0 Å². The molecular weight excluding hydrogens is 172 g/mol. The molecule has 0 aromatic rings. The average Bonchev–Trinajstić information content (AvgIpc) is 2.06. The fourth-order valence-corrected chi connectivity index (χ4v) is 0.620. The summed E-state index contributed by atoms with van der Waals surface area (Å²) in [7, 11) is 0. The van der Waals surface area contributed by atoms with Gasteiger partial charge < -0.3 is 10.3 Å². The van der Waals surface area contributed by atoms with Crippen LogP contribution in [0.5, 0.6) is 0 Å². The van der Waals surface area contributed by atoms with E-state index in [1.165, 1.54) is 6.08 Å². The highest BCUT2D eigenvalue weighted by molar-refractivity contribution is 6.64. The van der Waals surface area contributed by atoms with E-state index in [4.69, 9.17) is 5.53 Å². The van der Waals surface area contributed by atoms with Gasteiger partial charge in [0.25, 0.3) is 5.78 Å². The first-order valence-electron chi connectivity index (χ1n) is 3.73. The minimum atomic E-state index is -0.923. The van der Waals surface area contributed by atoms with Crippen molar-refractivity contribution in [1.82, 2.24) is 0 Å². The zero-order valence-corrected chi connectivity index (χ0v) is 7.48. The summed E-state index contributed by atoms with van der Waals surface area (Å²) in [5, 5.41) is 0. The van der Waals surface area contributed by atoms with E-state index in [-0.39, 0.29) is 6.61 Å². The number of allylic oxidation sites excluding steroid dienone is 2. The summed E-state index contributed by atoms with van der Waals surface area (Å²) in [6.45, 7) is 3.33. The molecule has 0 aliphatic heterocycles. The van der Waals surface area contributed by atoms with Gasteiger partial charge in [-0.25, -0.2) is 4.79 Å². The first-order chi connectivity index (χ1) is 6.17. The quantitative estimate of drug-likeness (QED) is 0.157. The van der Waals surface area contributed by atoms with Gasteiger partial charge in [-0.05, 0) is 19.9 Å². The highest BCUT2D eigenvalue weighted by Crippen LogP contribution is 1.86. The number of rotatable bonds is 4. The van der Waals surface area contributed by atoms with Crippen molar-refractivity contribution < 1.29 is 19.1 Å². The summed E-state index contributed by atoms with van der Waals surface area (Å²) in [6, 6.07) is 0. The first-order valence-corrected chi connectivity index (χ1v) is 3.73. The third-order valence-corrected chi connectivity index (χ3v) is 1.12. The third kappa shape index (κ3) is 3.44. The maximum absolute atomic E-state index is 11.0. The van der Waals surface area contributed by atoms with Crippen molar-refractivity contribution in [3.05, 3.63) is 17.7 Å². The molecule has 0 atom stereocenters. The Balaban J connectivity index is 4.64. The first kappa shape index (κ1) is 11.3. The summed E-state index contributed by atoms with van der Waals surface area (Å²) in [6.07, 6.45) is 2.55. The van der Waals surface area contributed by atoms with E-state index in [1.807, 2.05) is 0 Å². The fraction of sp³-hybridized carbons (Fsp3) is 0.375. The van der Waals surface area contributed by atoms with Crippen molar-refractivity contribution in [3.8, 4) is 0 Å². The van der Waals surface area contributed by atoms with Gasteiger partial charge in [-0.15, -0.1) is 0 Å². The van der Waals surface area contributed by atoms with Crippen molar-refractivity contribution in [2.24, 2.45) is 0 Å². The summed E-state index contributed by atoms with van der Waals surface area (Å²) in [4.78, 5) is 24.5. The Morgan fingerprint density at radius 3 is 2.54 bits per heavy atom. The number of ether oxygens (including phenoxy) is 1. The smallest absolute Gasteiger partial charge is 0.445 e. The van der Waals surface area contributed by atoms with E-state index >= 15 is 0 Å². The minimum absolute atomic E-state index is 0.126. The van der Waals surface area contributed by atoms with Crippen LogP contribution < -0.4 is 0 Å². The molecular formula is C8H10N2O3. The second-order valence-electron chi connectivity index (χ2n) is 2.03. The largest absolute Gasteiger partial charge is 0.457 e. The molecule has 0 aliphatic carbocycles. The fourth-order valence-electron chi connectivity index (χ4n) is 0.620. The van der Waals surface area contributed by atoms with Crippen LogP contribution in [0, 0.1) is 0 Å². The Labute approximate surface area is 75.6 Å². The third-order valence-electron chi connectivity index (χ3n) is 1.12. The van der Waals surface area contributed by atoms with Crippen molar-refractivity contribution in [2.75, 3.05) is 6.61 Å². The molecule has 0 aliphatic rings. The van der Waals surface area contributed by atoms with Crippen LogP contribution in [0.2, 0.25) is 0 Å². The molecule has 0 aromatic carbocycles. The molecule has 0 saturated carbocycles. The molecule has 0 heterocycles. The lowest BCUT2D eigenvalue weighted by Crippen LogP contribution is -2.25. The number of ketones is 1. The van der Waals surface area contributed by atoms with E-state index in [9.17, 15) is 9.59 Å². The number of carbonyl (C=O) groups is 2. The van der Waals surface area contributed by atoms with Crippen LogP contribution in [-0.2, 0) is 14.3 Å². The number of carbonyl (C=O) groups excluding carboxylic acids is 2. The standard InChI is InChI=1S/C8H10N2O3/c1-3-5-6(11)7(10-9)8(12)13-4-2/h3,5H,4H2,1-2H3/b5-3+. The second kappa shape index (κ2) is 5.85. The molecule has 5 nitrogen and oxygen atoms in total. The maximum atomic E-state index is 11.0. The van der Waals surface area contributed by atoms with Crippen LogP contribution in [0.3, 0.4) is 0 Å². The van der Waals surface area contributed by atoms with E-state index in [1.54, 1.807) is 13.8 Å². The SMILES string of the molecule is C/C=C/C(=O)C(=[N+]=[N-])C(=O)OCC. The van der Waals surface area contributed by atoms with Crippen LogP contribution in [0.4, 0.5) is 0 Å². The van der Waals surface area contributed by atoms with Gasteiger partial charge in [-0.3, -0.25) is 4.79 Å². The van der Waals surface area contributed by atoms with Gasteiger partial charge in [0.2, 0.25) is 0 Å². The summed E-state index contributed by atoms with van der Waals surface area (Å²) >= 11 is 0. The van der Waals surface area contributed by atoms with Gasteiger partial charge in [0.05, 0.1) is 6.61 Å². The van der Waals surface area contributed by atoms with Gasteiger partial charge in [0, 0.05) is 0 Å². The van der Waals surface area contributed by atoms with Crippen molar-refractivity contribution in [3.63, 3.8) is 0 Å². The topological polar surface area (TPSA) is 79.8 Å². The Morgan fingerprint density at radius 2 is 2.15 bits per heavy atom. The number of esters is 1. The molecule has 0 fully saturated rings. The number of hydrogen-bond acceptors (Lipinski definition) is 3. The normalized spacial score (nSPS) is 9.38. The van der Waals surface area contributed by atoms with E-state index in [0.717, 1.165) is 6.08 Å². The van der Waals surface area contributed by atoms with E-state index < -0.39 is 17.5 Å². The molecule has 0 amide bonds. The number of nitrogens with zero attached hydrogens (tertiary/aromatic N) is 2. The molecule has 0 N–H and O–H groups in total. The Hall–Kier alpha value is -1.74. The Kier molecular flexibility index (Phi) is 5.07. The van der Waals surface area contributed by atoms with Crippen LogP contribution in [-0.4, -0.2) is 28.9 Å². The van der Waals surface area contributed by atoms with Gasteiger partial charge >= 0.3 is 11.7 Å². The van der Waals surface area contributed by atoms with Gasteiger partial charge in [0.15, 0.2) is 0 Å². The van der Waals surface area contributed by atoms with Crippen LogP contribution in [0.15, 0.2) is 12.2 Å². The van der Waals surface area contributed by atoms with Crippen LogP contribution in [0.1, 0.15) is 13.8 Å². The van der Waals surface area contributed by atoms with Crippen LogP contribution >= 0.6 is 0 Å². The van der Waals surface area contributed by atoms with Crippen molar-refractivity contribution >= 4 is 17.5 Å². The molecule has 70 valence electrons. The highest BCUT2D eigenvalue weighted by Gasteiger charge is 2.28. The lowest BCUT2D eigenvalue weighted by Gasteiger charge is -1.93. The minimum Gasteiger partial charge on any atom is -0.457 e. The molecule has 0 unspecified atom stereocenters. The zero-order valence-electron chi connectivity index (χ0n) is 7.48. The lowest BCUT2D eigenvalue weighted by atomic mass is 10.2. The summed E-state index contributed by atoms with van der Waals surface area (Å²) < 4.78 is 4.48. The molecule has 0 aromatic heterocycles. The Morgan fingerprint density at radius 1 is 1.54 bits per heavy atom. The molecule has 13 heavy (non-hydrogen) atoms. The monoisotopic (exact) mass is 182 g/mol. The van der Waals surface area contributed by atoms with Crippen LogP contribution in [0.25, 0.3) is 5.53 Å². The molecule has 0 rings (SSSR count). The average molecular weight is 182 g/mol. The molecule has 0 saturated heterocycles. The van der Waals surface area contributed by atoms with Crippen molar-refractivity contribution in [2.45, 2.75) is 13.8 Å². The Bertz CT molecular complexity index is 288. The molecule has 0 radical (unpaired) electrons. The highest BCUT2D eigenvalue weighted by atomic mass is 16.5. The molecule has 0 bridgehead atoms. The predicted octanol–water partition coefficient (Wildman–Crippen LogP) is 0.365. The van der Waals surface area contributed by atoms with Gasteiger partial charge in [-0.2, -0.15) is 4.79 Å². The number of hydrogen-bond donors (Lipinski definition) is 0. The van der Waals surface area contributed by atoms with Gasteiger partial charge in [0.1, 0.15) is 0 Å². The zero-order chi connectivity index (χ0) is 10.3. The van der Waals surface area contributed by atoms with E-state index in [2.05, 4.69) is 9.53 Å².